The third kappa shape index (κ3) is 6.58. The number of hydrogen-bond donors (Lipinski definition) is 5. The van der Waals surface area contributed by atoms with Crippen molar-refractivity contribution < 1.29 is 42.2 Å². The predicted molar refractivity (Wildman–Crippen MR) is 90.4 cm³/mol. The van der Waals surface area contributed by atoms with Gasteiger partial charge in [-0.3, -0.25) is 28.0 Å². The molecule has 0 spiro atoms. The number of H-pyrrole nitrogens is 1. The van der Waals surface area contributed by atoms with Crippen molar-refractivity contribution in [2.45, 2.75) is 18.9 Å². The molecule has 0 aliphatic heterocycles. The molecule has 2 atom stereocenters. The van der Waals surface area contributed by atoms with Crippen molar-refractivity contribution >= 4 is 22.6 Å². The first-order valence-electron chi connectivity index (χ1n) is 7.50. The summed E-state index contributed by atoms with van der Waals surface area (Å²) in [7, 11) is -14.0. The van der Waals surface area contributed by atoms with Crippen LogP contribution >= 0.6 is 22.6 Å². The molecule has 1 saturated carbocycles. The average molecular weight is 450 g/mol. The second-order valence-corrected chi connectivity index (χ2v) is 13.2. The first-order chi connectivity index (χ1) is 12.2. The smallest absolute Gasteiger partial charge is 0.337 e. The largest absolute Gasteiger partial charge is 0.343 e. The van der Waals surface area contributed by atoms with Crippen molar-refractivity contribution in [1.29, 1.82) is 0 Å². The fourth-order valence-corrected chi connectivity index (χ4v) is 9.14. The van der Waals surface area contributed by atoms with Crippen molar-refractivity contribution in [3.63, 3.8) is 0 Å². The quantitative estimate of drug-likeness (QED) is 0.341. The summed E-state index contributed by atoms with van der Waals surface area (Å²) >= 11 is 0. The zero-order valence-electron chi connectivity index (χ0n) is 13.7. The summed E-state index contributed by atoms with van der Waals surface area (Å²) in [5, 5.41) is 0. The number of aromatic nitrogens is 2. The Bertz CT molecular complexity index is 962. The molecule has 0 aromatic carbocycles. The van der Waals surface area contributed by atoms with E-state index in [0.29, 0.717) is 0 Å². The van der Waals surface area contributed by atoms with Gasteiger partial charge in [0.05, 0.1) is 12.8 Å². The van der Waals surface area contributed by atoms with Crippen LogP contribution in [0.5, 0.6) is 0 Å². The third-order valence-corrected chi connectivity index (χ3v) is 10.8. The van der Waals surface area contributed by atoms with Crippen molar-refractivity contribution in [3.05, 3.63) is 32.9 Å². The fourth-order valence-electron chi connectivity index (χ4n) is 2.67. The Hall–Kier alpha value is -0.900. The van der Waals surface area contributed by atoms with Gasteiger partial charge in [-0.1, -0.05) is 0 Å². The number of nitrogens with zero attached hydrogens (tertiary/aromatic N) is 1. The van der Waals surface area contributed by atoms with Gasteiger partial charge in [-0.2, -0.15) is 4.39 Å². The number of nitrogens with one attached hydrogen (secondary N) is 1. The van der Waals surface area contributed by atoms with E-state index in [1.54, 1.807) is 0 Å². The van der Waals surface area contributed by atoms with Crippen LogP contribution in [0.15, 0.2) is 15.8 Å². The van der Waals surface area contributed by atoms with E-state index in [1.807, 2.05) is 4.98 Å². The first-order valence-corrected chi connectivity index (χ1v) is 13.1. The van der Waals surface area contributed by atoms with E-state index in [-0.39, 0.29) is 25.4 Å². The van der Waals surface area contributed by atoms with E-state index in [2.05, 4.69) is 0 Å². The molecule has 2 unspecified atom stereocenters. The maximum absolute atomic E-state index is 13.3. The van der Waals surface area contributed by atoms with Crippen LogP contribution in [0, 0.1) is 11.7 Å². The van der Waals surface area contributed by atoms with Crippen LogP contribution in [0.25, 0.3) is 0 Å². The second kappa shape index (κ2) is 7.85. The topological polar surface area (TPSA) is 196 Å². The van der Waals surface area contributed by atoms with Gasteiger partial charge in [0.1, 0.15) is 11.8 Å². The zero-order valence-corrected chi connectivity index (χ0v) is 16.4. The SMILES string of the molecule is O=c1[nH]c(=O)n([C@H]2C[C@@H](COP(=O)(O)CP(=O)(O)CP(=O)(O)O)C2)cc1F. The van der Waals surface area contributed by atoms with Crippen LogP contribution in [0.1, 0.15) is 18.9 Å². The van der Waals surface area contributed by atoms with Gasteiger partial charge >= 0.3 is 20.9 Å². The Morgan fingerprint density at radius 1 is 1.15 bits per heavy atom. The predicted octanol–water partition coefficient (Wildman–Crippen LogP) is 0.192. The fraction of sp³-hybridized carbons (Fsp3) is 0.636. The minimum Gasteiger partial charge on any atom is -0.343 e. The van der Waals surface area contributed by atoms with E-state index in [1.165, 1.54) is 0 Å². The van der Waals surface area contributed by atoms with E-state index in [4.69, 9.17) is 14.3 Å². The summed E-state index contributed by atoms with van der Waals surface area (Å²) in [5.41, 5.74) is -1.93. The molecule has 154 valence electrons. The molecule has 1 aliphatic rings. The maximum atomic E-state index is 13.3. The molecule has 0 radical (unpaired) electrons. The van der Waals surface area contributed by atoms with Crippen molar-refractivity contribution in [2.24, 2.45) is 5.92 Å². The molecule has 1 fully saturated rings. The zero-order chi connectivity index (χ0) is 20.6. The molecule has 27 heavy (non-hydrogen) atoms. The molecular weight excluding hydrogens is 432 g/mol. The number of aromatic amines is 1. The molecule has 2 rings (SSSR count). The summed E-state index contributed by atoms with van der Waals surface area (Å²) in [6, 6.07) is -0.450. The minimum absolute atomic E-state index is 0.269. The van der Waals surface area contributed by atoms with Crippen LogP contribution in [0.4, 0.5) is 4.39 Å². The highest BCUT2D eigenvalue weighted by molar-refractivity contribution is 7.79. The lowest BCUT2D eigenvalue weighted by Gasteiger charge is -2.36. The molecule has 1 aromatic heterocycles. The van der Waals surface area contributed by atoms with Gasteiger partial charge in [-0.25, -0.2) is 4.79 Å². The highest BCUT2D eigenvalue weighted by Gasteiger charge is 2.39. The van der Waals surface area contributed by atoms with Gasteiger partial charge in [-0.15, -0.1) is 0 Å². The standard InChI is InChI=1S/C11H18FN2O10P3/c12-9-3-14(11(16)13-10(9)15)8-1-7(2-8)4-24-27(22,23)6-25(17,18)5-26(19,20)21/h3,7-8H,1-2,4-6H2,(H,17,18)(H,22,23)(H,13,15,16)(H2,19,20,21)/t7-,8+. The van der Waals surface area contributed by atoms with E-state index < -0.39 is 57.5 Å². The lowest BCUT2D eigenvalue weighted by Crippen LogP contribution is -2.39. The Labute approximate surface area is 151 Å². The molecule has 16 heteroatoms. The number of rotatable bonds is 8. The van der Waals surface area contributed by atoms with E-state index >= 15 is 0 Å². The lowest BCUT2D eigenvalue weighted by molar-refractivity contribution is 0.113. The average Bonchev–Trinajstić information content (AvgIpc) is 2.37. The third-order valence-electron chi connectivity index (χ3n) is 3.85. The molecule has 0 bridgehead atoms. The summed E-state index contributed by atoms with van der Waals surface area (Å²) < 4.78 is 53.3. The maximum Gasteiger partial charge on any atom is 0.337 e. The molecule has 12 nitrogen and oxygen atoms in total. The van der Waals surface area contributed by atoms with Crippen molar-refractivity contribution in [3.8, 4) is 0 Å². The van der Waals surface area contributed by atoms with Crippen LogP contribution < -0.4 is 11.2 Å². The Morgan fingerprint density at radius 2 is 1.74 bits per heavy atom. The molecule has 5 N–H and O–H groups in total. The normalized spacial score (nSPS) is 24.6. The molecule has 1 aromatic rings. The molecule has 0 amide bonds. The number of hydrogen-bond acceptors (Lipinski definition) is 6. The summed E-state index contributed by atoms with van der Waals surface area (Å²) in [5.74, 6) is -4.17. The highest BCUT2D eigenvalue weighted by Crippen LogP contribution is 2.63. The summed E-state index contributed by atoms with van der Waals surface area (Å²) in [4.78, 5) is 60.9. The van der Waals surface area contributed by atoms with Gasteiger partial charge in [-0.05, 0) is 18.8 Å². The van der Waals surface area contributed by atoms with Crippen molar-refractivity contribution in [2.75, 3.05) is 18.4 Å². The Kier molecular flexibility index (Phi) is 6.51. The highest BCUT2D eigenvalue weighted by atomic mass is 31.3. The monoisotopic (exact) mass is 450 g/mol. The summed E-state index contributed by atoms with van der Waals surface area (Å²) in [6.45, 7) is -0.305. The van der Waals surface area contributed by atoms with Crippen molar-refractivity contribution in [1.82, 2.24) is 9.55 Å². The Balaban J connectivity index is 1.88. The van der Waals surface area contributed by atoms with Gasteiger partial charge in [0, 0.05) is 6.04 Å². The van der Waals surface area contributed by atoms with Crippen LogP contribution in [0.2, 0.25) is 0 Å². The van der Waals surface area contributed by atoms with E-state index in [9.17, 15) is 37.5 Å². The van der Waals surface area contributed by atoms with Gasteiger partial charge in [0.15, 0.2) is 0 Å². The van der Waals surface area contributed by atoms with Gasteiger partial charge in [0.2, 0.25) is 13.2 Å². The summed E-state index contributed by atoms with van der Waals surface area (Å²) in [6.07, 6.45) is 1.30. The molecule has 0 saturated heterocycles. The molecule has 1 aliphatic carbocycles. The van der Waals surface area contributed by atoms with Crippen LogP contribution in [-0.2, 0) is 18.2 Å². The molecule has 1 heterocycles. The second-order valence-electron chi connectivity index (χ2n) is 6.36. The van der Waals surface area contributed by atoms with Crippen LogP contribution in [0.3, 0.4) is 0 Å². The Morgan fingerprint density at radius 3 is 2.30 bits per heavy atom. The lowest BCUT2D eigenvalue weighted by atomic mass is 9.81. The van der Waals surface area contributed by atoms with Crippen LogP contribution in [-0.4, -0.2) is 47.5 Å². The number of halogens is 1. The minimum atomic E-state index is -4.85. The first kappa shape index (κ1) is 22.4. The molecular formula is C11H18FN2O10P3. The van der Waals surface area contributed by atoms with E-state index in [0.717, 1.165) is 10.8 Å². The van der Waals surface area contributed by atoms with Gasteiger partial charge < -0.3 is 24.1 Å². The van der Waals surface area contributed by atoms with Gasteiger partial charge in [0.25, 0.3) is 5.56 Å².